The molecule has 2 amide bonds. The molecule has 0 bridgehead atoms. The minimum Gasteiger partial charge on any atom is -0.346 e. The summed E-state index contributed by atoms with van der Waals surface area (Å²) < 4.78 is 0. The van der Waals surface area contributed by atoms with Crippen LogP contribution in [0.3, 0.4) is 0 Å². The molecule has 0 spiro atoms. The van der Waals surface area contributed by atoms with Gasteiger partial charge in [0.2, 0.25) is 0 Å². The molecule has 2 fully saturated rings. The second kappa shape index (κ2) is 7.56. The summed E-state index contributed by atoms with van der Waals surface area (Å²) in [4.78, 5) is 26.9. The van der Waals surface area contributed by atoms with E-state index in [9.17, 15) is 4.79 Å². The summed E-state index contributed by atoms with van der Waals surface area (Å²) in [6.45, 7) is 3.34. The lowest BCUT2D eigenvalue weighted by Crippen LogP contribution is -2.46. The van der Waals surface area contributed by atoms with Gasteiger partial charge in [0.1, 0.15) is 10.3 Å². The van der Waals surface area contributed by atoms with Crippen LogP contribution in [0.2, 0.25) is 0 Å². The van der Waals surface area contributed by atoms with E-state index in [-0.39, 0.29) is 6.03 Å². The Kier molecular flexibility index (Phi) is 5.01. The number of carbonyl (C=O) groups excluding carboxylic acids is 1. The van der Waals surface area contributed by atoms with Crippen LogP contribution in [-0.2, 0) is 0 Å². The largest absolute Gasteiger partial charge is 0.346 e. The maximum atomic E-state index is 12.6. The third kappa shape index (κ3) is 3.86. The van der Waals surface area contributed by atoms with Crippen LogP contribution >= 0.6 is 11.3 Å². The van der Waals surface area contributed by atoms with Gasteiger partial charge in [0, 0.05) is 38.4 Å². The van der Waals surface area contributed by atoms with Gasteiger partial charge in [-0.1, -0.05) is 30.6 Å². The molecule has 1 aliphatic heterocycles. The number of pyridine rings is 1. The molecule has 0 aromatic carbocycles. The summed E-state index contributed by atoms with van der Waals surface area (Å²) in [5, 5.41) is 4.25. The fourth-order valence-corrected chi connectivity index (χ4v) is 4.68. The smallest absolute Gasteiger partial charge is 0.317 e. The lowest BCUT2D eigenvalue weighted by Gasteiger charge is -2.27. The zero-order valence-electron chi connectivity index (χ0n) is 14.5. The predicted molar refractivity (Wildman–Crippen MR) is 101 cm³/mol. The van der Waals surface area contributed by atoms with Crippen LogP contribution in [0.1, 0.15) is 38.5 Å². The van der Waals surface area contributed by atoms with Gasteiger partial charge in [0.05, 0.1) is 0 Å². The number of carbonyl (C=O) groups is 1. The third-order valence-electron chi connectivity index (χ3n) is 5.14. The van der Waals surface area contributed by atoms with Gasteiger partial charge < -0.3 is 15.1 Å². The van der Waals surface area contributed by atoms with E-state index < -0.39 is 0 Å². The van der Waals surface area contributed by atoms with Crippen LogP contribution in [0.25, 0.3) is 10.3 Å². The van der Waals surface area contributed by atoms with Crippen molar-refractivity contribution in [2.75, 3.05) is 31.1 Å². The van der Waals surface area contributed by atoms with Crippen LogP contribution in [0.4, 0.5) is 9.93 Å². The first-order valence-corrected chi connectivity index (χ1v) is 10.1. The molecular weight excluding hydrogens is 334 g/mol. The van der Waals surface area contributed by atoms with Crippen molar-refractivity contribution < 1.29 is 4.79 Å². The predicted octanol–water partition coefficient (Wildman–Crippen LogP) is 3.25. The molecule has 1 saturated heterocycles. The molecule has 2 aromatic rings. The van der Waals surface area contributed by atoms with Gasteiger partial charge in [-0.2, -0.15) is 0 Å². The average Bonchev–Trinajstić information content (AvgIpc) is 2.91. The number of hydrogen-bond donors (Lipinski definition) is 1. The number of amides is 2. The number of thiazole rings is 1. The number of hydrogen-bond acceptors (Lipinski definition) is 5. The number of anilines is 1. The highest BCUT2D eigenvalue weighted by Gasteiger charge is 2.23. The fourth-order valence-electron chi connectivity index (χ4n) is 3.72. The van der Waals surface area contributed by atoms with Crippen molar-refractivity contribution in [3.63, 3.8) is 0 Å². The van der Waals surface area contributed by atoms with E-state index in [2.05, 4.69) is 15.2 Å². The van der Waals surface area contributed by atoms with Gasteiger partial charge in [-0.05, 0) is 31.4 Å². The van der Waals surface area contributed by atoms with E-state index in [1.54, 1.807) is 11.3 Å². The molecule has 0 radical (unpaired) electrons. The molecule has 1 N–H and O–H groups in total. The van der Waals surface area contributed by atoms with Crippen molar-refractivity contribution in [1.82, 2.24) is 20.2 Å². The van der Waals surface area contributed by atoms with Gasteiger partial charge >= 0.3 is 6.03 Å². The van der Waals surface area contributed by atoms with Crippen molar-refractivity contribution in [2.24, 2.45) is 0 Å². The van der Waals surface area contributed by atoms with Crippen molar-refractivity contribution in [1.29, 1.82) is 0 Å². The van der Waals surface area contributed by atoms with Crippen LogP contribution in [0, 0.1) is 0 Å². The van der Waals surface area contributed by atoms with Gasteiger partial charge in [-0.3, -0.25) is 0 Å². The Morgan fingerprint density at radius 1 is 1.12 bits per heavy atom. The lowest BCUT2D eigenvalue weighted by atomic mass is 9.96. The number of fused-ring (bicyclic) bond motifs is 1. The number of aromatic nitrogens is 2. The Morgan fingerprint density at radius 2 is 2.00 bits per heavy atom. The van der Waals surface area contributed by atoms with Gasteiger partial charge in [0.25, 0.3) is 0 Å². The minimum absolute atomic E-state index is 0.111. The van der Waals surface area contributed by atoms with Crippen molar-refractivity contribution >= 4 is 32.8 Å². The Balaban J connectivity index is 1.37. The lowest BCUT2D eigenvalue weighted by molar-refractivity contribution is 0.193. The molecule has 2 aliphatic rings. The summed E-state index contributed by atoms with van der Waals surface area (Å²) in [6, 6.07) is 4.41. The molecule has 0 unspecified atom stereocenters. The highest BCUT2D eigenvalue weighted by atomic mass is 32.1. The molecular formula is C18H25N5OS. The first kappa shape index (κ1) is 16.6. The minimum atomic E-state index is 0.111. The van der Waals surface area contributed by atoms with E-state index in [0.29, 0.717) is 6.04 Å². The van der Waals surface area contributed by atoms with E-state index in [4.69, 9.17) is 4.98 Å². The van der Waals surface area contributed by atoms with E-state index in [0.717, 1.165) is 60.9 Å². The Morgan fingerprint density at radius 3 is 2.84 bits per heavy atom. The summed E-state index contributed by atoms with van der Waals surface area (Å²) in [5.41, 5.74) is 0.957. The van der Waals surface area contributed by atoms with E-state index >= 15 is 0 Å². The number of nitrogens with one attached hydrogen (secondary N) is 1. The topological polar surface area (TPSA) is 61.4 Å². The van der Waals surface area contributed by atoms with E-state index in [1.165, 1.54) is 19.3 Å². The maximum Gasteiger partial charge on any atom is 0.317 e. The monoisotopic (exact) mass is 359 g/mol. The van der Waals surface area contributed by atoms with Crippen molar-refractivity contribution in [2.45, 2.75) is 44.6 Å². The molecule has 1 saturated carbocycles. The molecule has 3 heterocycles. The van der Waals surface area contributed by atoms with E-state index in [1.807, 2.05) is 23.2 Å². The SMILES string of the molecule is O=C(NC1CCCCC1)N1CCCN(c2nc3cccnc3s2)CC1. The third-order valence-corrected chi connectivity index (χ3v) is 6.18. The molecule has 1 aliphatic carbocycles. The highest BCUT2D eigenvalue weighted by molar-refractivity contribution is 7.21. The Labute approximate surface area is 152 Å². The Bertz CT molecular complexity index is 694. The average molecular weight is 359 g/mol. The Hall–Kier alpha value is -1.89. The fraction of sp³-hybridized carbons (Fsp3) is 0.611. The summed E-state index contributed by atoms with van der Waals surface area (Å²) >= 11 is 1.64. The summed E-state index contributed by atoms with van der Waals surface area (Å²) in [7, 11) is 0. The van der Waals surface area contributed by atoms with Crippen LogP contribution in [-0.4, -0.2) is 53.1 Å². The molecule has 6 nitrogen and oxygen atoms in total. The molecule has 7 heteroatoms. The first-order chi connectivity index (χ1) is 12.3. The standard InChI is InChI=1S/C18H25N5OS/c24-17(20-14-6-2-1-3-7-14)22-10-5-11-23(13-12-22)18-21-15-8-4-9-19-16(15)25-18/h4,8-9,14H,1-3,5-7,10-13H2,(H,20,24). The molecule has 134 valence electrons. The van der Waals surface area contributed by atoms with Gasteiger partial charge in [-0.25, -0.2) is 14.8 Å². The van der Waals surface area contributed by atoms with Gasteiger partial charge in [-0.15, -0.1) is 0 Å². The zero-order valence-corrected chi connectivity index (χ0v) is 15.3. The number of urea groups is 1. The highest BCUT2D eigenvalue weighted by Crippen LogP contribution is 2.27. The zero-order chi connectivity index (χ0) is 17.1. The summed E-state index contributed by atoms with van der Waals surface area (Å²) in [6.07, 6.45) is 8.83. The molecule has 4 rings (SSSR count). The van der Waals surface area contributed by atoms with Crippen molar-refractivity contribution in [3.05, 3.63) is 18.3 Å². The molecule has 2 aromatic heterocycles. The van der Waals surface area contributed by atoms with Crippen LogP contribution in [0.5, 0.6) is 0 Å². The maximum absolute atomic E-state index is 12.6. The van der Waals surface area contributed by atoms with Gasteiger partial charge in [0.15, 0.2) is 5.13 Å². The quantitative estimate of drug-likeness (QED) is 0.894. The number of nitrogens with zero attached hydrogens (tertiary/aromatic N) is 4. The van der Waals surface area contributed by atoms with Crippen LogP contribution in [0.15, 0.2) is 18.3 Å². The van der Waals surface area contributed by atoms with Crippen LogP contribution < -0.4 is 10.2 Å². The second-order valence-electron chi connectivity index (χ2n) is 6.94. The molecule has 25 heavy (non-hydrogen) atoms. The number of rotatable bonds is 2. The molecule has 0 atom stereocenters. The first-order valence-electron chi connectivity index (χ1n) is 9.31. The second-order valence-corrected chi connectivity index (χ2v) is 7.89. The summed E-state index contributed by atoms with van der Waals surface area (Å²) in [5.74, 6) is 0. The normalized spacial score (nSPS) is 19.8. The van der Waals surface area contributed by atoms with Crippen molar-refractivity contribution in [3.8, 4) is 0 Å².